The van der Waals surface area contributed by atoms with Crippen molar-refractivity contribution in [3.05, 3.63) is 0 Å². The minimum atomic E-state index is -0.265. The highest BCUT2D eigenvalue weighted by molar-refractivity contribution is 7.19. The van der Waals surface area contributed by atoms with Gasteiger partial charge in [0.05, 0.1) is 0 Å². The molecule has 0 aromatic heterocycles. The lowest BCUT2D eigenvalue weighted by Gasteiger charge is -2.18. The van der Waals surface area contributed by atoms with Crippen LogP contribution in [0, 0.1) is 0 Å². The molecule has 0 atom stereocenters. The lowest BCUT2D eigenvalue weighted by molar-refractivity contribution is 1.26. The quantitative estimate of drug-likeness (QED) is 0.376. The van der Waals surface area contributed by atoms with E-state index in [1.165, 1.54) is 0 Å². The van der Waals surface area contributed by atoms with Crippen LogP contribution >= 0.6 is 22.9 Å². The van der Waals surface area contributed by atoms with Crippen molar-refractivity contribution in [3.8, 4) is 0 Å². The average Bonchev–Trinajstić information content (AvgIpc) is 1.64. The maximum Gasteiger partial charge on any atom is 0.394 e. The fourth-order valence-electron chi connectivity index (χ4n) is 0.419. The topological polar surface area (TPSA) is 36.1 Å². The molecule has 8 heavy (non-hydrogen) atoms. The average molecular weight is 148 g/mol. The summed E-state index contributed by atoms with van der Waals surface area (Å²) >= 11 is 11.1. The first-order chi connectivity index (χ1) is 3.79. The number of rotatable bonds is 0. The molecule has 41 valence electrons. The van der Waals surface area contributed by atoms with Crippen LogP contribution in [0.25, 0.3) is 0 Å². The molecule has 0 unspecified atom stereocenters. The van der Waals surface area contributed by atoms with E-state index in [1.807, 2.05) is 0 Å². The van der Waals surface area contributed by atoms with Crippen molar-refractivity contribution in [2.24, 2.45) is 0 Å². The SMILES string of the molecule is ClB1N[B]NB(Cl)N1. The molecule has 1 fully saturated rings. The van der Waals surface area contributed by atoms with Gasteiger partial charge in [0.1, 0.15) is 0 Å². The van der Waals surface area contributed by atoms with Gasteiger partial charge in [0.2, 0.25) is 0 Å². The van der Waals surface area contributed by atoms with E-state index in [0.717, 1.165) is 0 Å². The maximum absolute atomic E-state index is 5.53. The van der Waals surface area contributed by atoms with Crippen molar-refractivity contribution >= 4 is 43.3 Å². The third-order valence-electron chi connectivity index (χ3n) is 0.752. The van der Waals surface area contributed by atoms with Crippen molar-refractivity contribution in [3.63, 3.8) is 0 Å². The Morgan fingerprint density at radius 1 is 1.12 bits per heavy atom. The number of halogens is 2. The smallest absolute Gasteiger partial charge is 0.361 e. The lowest BCUT2D eigenvalue weighted by atomic mass is 9.83. The monoisotopic (exact) mass is 148 g/mol. The van der Waals surface area contributed by atoms with Crippen molar-refractivity contribution < 1.29 is 0 Å². The van der Waals surface area contributed by atoms with Gasteiger partial charge in [-0.1, -0.05) is 0 Å². The predicted octanol–water partition coefficient (Wildman–Crippen LogP) is -1.25. The third-order valence-corrected chi connectivity index (χ3v) is 1.26. The van der Waals surface area contributed by atoms with Gasteiger partial charge in [0.25, 0.3) is 7.55 Å². The largest absolute Gasteiger partial charge is 0.394 e. The van der Waals surface area contributed by atoms with Gasteiger partial charge in [0, 0.05) is 0 Å². The summed E-state index contributed by atoms with van der Waals surface area (Å²) in [4.78, 5) is 0. The highest BCUT2D eigenvalue weighted by Gasteiger charge is 2.23. The zero-order valence-corrected chi connectivity index (χ0v) is 5.50. The fraction of sp³-hybridized carbons (Fsp3) is 0. The van der Waals surface area contributed by atoms with E-state index in [4.69, 9.17) is 22.9 Å². The first kappa shape index (κ1) is 6.77. The second kappa shape index (κ2) is 2.99. The molecule has 0 aliphatic carbocycles. The highest BCUT2D eigenvalue weighted by atomic mass is 35.5. The zero-order chi connectivity index (χ0) is 5.98. The first-order valence-electron chi connectivity index (χ1n) is 2.17. The summed E-state index contributed by atoms with van der Waals surface area (Å²) in [7, 11) is 1.60. The highest BCUT2D eigenvalue weighted by Crippen LogP contribution is 1.86. The van der Waals surface area contributed by atoms with Crippen LogP contribution in [0.4, 0.5) is 0 Å². The molecule has 0 aromatic carbocycles. The third kappa shape index (κ3) is 1.87. The van der Waals surface area contributed by atoms with Crippen LogP contribution in [0.1, 0.15) is 0 Å². The molecule has 0 spiro atoms. The van der Waals surface area contributed by atoms with E-state index in [1.54, 1.807) is 7.55 Å². The molecule has 3 nitrogen and oxygen atoms in total. The first-order valence-corrected chi connectivity index (χ1v) is 3.04. The minimum absolute atomic E-state index is 0.265. The molecule has 0 saturated carbocycles. The van der Waals surface area contributed by atoms with Gasteiger partial charge >= 0.3 is 12.8 Å². The Morgan fingerprint density at radius 2 is 1.62 bits per heavy atom. The van der Waals surface area contributed by atoms with Crippen molar-refractivity contribution in [1.82, 2.24) is 15.4 Å². The molecule has 0 bridgehead atoms. The van der Waals surface area contributed by atoms with Crippen molar-refractivity contribution in [1.29, 1.82) is 0 Å². The molecule has 1 aliphatic heterocycles. The summed E-state index contributed by atoms with van der Waals surface area (Å²) in [5.74, 6) is 0. The predicted molar refractivity (Wildman–Crippen MR) is 38.4 cm³/mol. The molecule has 1 radical (unpaired) electrons. The van der Waals surface area contributed by atoms with Crippen LogP contribution in [0.2, 0.25) is 0 Å². The summed E-state index contributed by atoms with van der Waals surface area (Å²) < 4.78 is 0. The Balaban J connectivity index is 2.23. The molecule has 1 rings (SSSR count). The Kier molecular flexibility index (Phi) is 2.53. The second-order valence-electron chi connectivity index (χ2n) is 1.37. The Hall–Kier alpha value is 0.655. The van der Waals surface area contributed by atoms with E-state index < -0.39 is 0 Å². The molecule has 1 heterocycles. The van der Waals surface area contributed by atoms with E-state index in [-0.39, 0.29) is 12.8 Å². The van der Waals surface area contributed by atoms with Crippen molar-refractivity contribution in [2.45, 2.75) is 0 Å². The summed E-state index contributed by atoms with van der Waals surface area (Å²) in [5.41, 5.74) is 0. The van der Waals surface area contributed by atoms with Gasteiger partial charge in [-0.15, -0.1) is 0 Å². The molecular weight excluding hydrogens is 145 g/mol. The van der Waals surface area contributed by atoms with Gasteiger partial charge in [-0.25, -0.2) is 0 Å². The van der Waals surface area contributed by atoms with Gasteiger partial charge in [0.15, 0.2) is 0 Å². The van der Waals surface area contributed by atoms with Crippen LogP contribution in [0.15, 0.2) is 0 Å². The van der Waals surface area contributed by atoms with E-state index in [0.29, 0.717) is 0 Å². The van der Waals surface area contributed by atoms with Gasteiger partial charge in [-0.2, -0.15) is 22.9 Å². The molecule has 1 aliphatic rings. The Bertz CT molecular complexity index is 70.9. The Labute approximate surface area is 59.2 Å². The standard InChI is InChI=1S/B3Cl2H3N3/c4-2-6-1-7-3(5)8-2/h6-8H. The van der Waals surface area contributed by atoms with Gasteiger partial charge in [-0.05, 0) is 0 Å². The lowest BCUT2D eigenvalue weighted by Crippen LogP contribution is -2.65. The summed E-state index contributed by atoms with van der Waals surface area (Å²) in [6.07, 6.45) is -0.530. The van der Waals surface area contributed by atoms with Crippen LogP contribution in [0.5, 0.6) is 0 Å². The normalized spacial score (nSPS) is 20.8. The number of nitrogens with one attached hydrogen (secondary N) is 3. The maximum atomic E-state index is 5.53. The molecule has 3 N–H and O–H groups in total. The zero-order valence-electron chi connectivity index (χ0n) is 3.99. The van der Waals surface area contributed by atoms with Crippen LogP contribution in [0.3, 0.4) is 0 Å². The fourth-order valence-corrected chi connectivity index (χ4v) is 0.862. The summed E-state index contributed by atoms with van der Waals surface area (Å²) in [6, 6.07) is 0. The Morgan fingerprint density at radius 3 is 1.88 bits per heavy atom. The second-order valence-corrected chi connectivity index (χ2v) is 2.24. The van der Waals surface area contributed by atoms with Gasteiger partial charge < -0.3 is 15.4 Å². The van der Waals surface area contributed by atoms with E-state index in [2.05, 4.69) is 15.4 Å². The molecular formula is H3B3Cl2N3. The molecule has 1 saturated heterocycles. The summed E-state index contributed by atoms with van der Waals surface area (Å²) in [6.45, 7) is 0. The van der Waals surface area contributed by atoms with Crippen LogP contribution in [-0.4, -0.2) is 20.3 Å². The minimum Gasteiger partial charge on any atom is -0.361 e. The van der Waals surface area contributed by atoms with Gasteiger partial charge in [-0.3, -0.25) is 0 Å². The molecule has 0 aromatic rings. The number of hydrogen-bond donors (Lipinski definition) is 3. The summed E-state index contributed by atoms with van der Waals surface area (Å²) in [5, 5.41) is 8.25. The van der Waals surface area contributed by atoms with Crippen LogP contribution < -0.4 is 15.4 Å². The molecule has 8 heteroatoms. The molecule has 0 amide bonds. The van der Waals surface area contributed by atoms with E-state index >= 15 is 0 Å². The number of hydrogen-bond acceptors (Lipinski definition) is 3. The van der Waals surface area contributed by atoms with Crippen LogP contribution in [-0.2, 0) is 0 Å². The van der Waals surface area contributed by atoms with E-state index in [9.17, 15) is 0 Å². The van der Waals surface area contributed by atoms with Crippen molar-refractivity contribution in [2.75, 3.05) is 0 Å².